The Kier molecular flexibility index (Phi) is 2.57. The molecule has 20 heavy (non-hydrogen) atoms. The van der Waals surface area contributed by atoms with Crippen LogP contribution in [0.2, 0.25) is 0 Å². The van der Waals surface area contributed by atoms with Gasteiger partial charge in [0.05, 0.1) is 17.5 Å². The minimum atomic E-state index is -0.633. The number of halogens is 2. The van der Waals surface area contributed by atoms with Crippen LogP contribution in [0.1, 0.15) is 5.56 Å². The van der Waals surface area contributed by atoms with Gasteiger partial charge in [0.1, 0.15) is 17.4 Å². The minimum Gasteiger partial charge on any atom is -0.367 e. The first-order valence-electron chi connectivity index (χ1n) is 5.60. The van der Waals surface area contributed by atoms with E-state index in [1.165, 1.54) is 28.9 Å². The van der Waals surface area contributed by atoms with E-state index in [1.54, 1.807) is 6.07 Å². The smallest absolute Gasteiger partial charge is 0.238 e. The molecule has 7 heteroatoms. The molecule has 2 N–H and O–H groups in total. The first-order chi connectivity index (χ1) is 9.60. The topological polar surface area (TPSA) is 80.0 Å². The molecular formula is C13H7F2N5. The number of hydrogen-bond acceptors (Lipinski definition) is 4. The number of nitrogens with two attached hydrogens (primary N) is 1. The molecule has 0 atom stereocenters. The molecule has 0 aliphatic rings. The molecule has 1 aromatic carbocycles. The van der Waals surface area contributed by atoms with Crippen LogP contribution in [0.4, 0.5) is 14.7 Å². The van der Waals surface area contributed by atoms with Crippen LogP contribution < -0.4 is 5.73 Å². The molecule has 0 aliphatic heterocycles. The van der Waals surface area contributed by atoms with Gasteiger partial charge in [-0.05, 0) is 18.2 Å². The van der Waals surface area contributed by atoms with Crippen LogP contribution in [-0.2, 0) is 0 Å². The van der Waals surface area contributed by atoms with Crippen molar-refractivity contribution < 1.29 is 8.78 Å². The van der Waals surface area contributed by atoms with Crippen molar-refractivity contribution in [2.75, 3.05) is 5.73 Å². The zero-order valence-electron chi connectivity index (χ0n) is 10.0. The maximum atomic E-state index is 13.8. The second kappa shape index (κ2) is 4.28. The Morgan fingerprint density at radius 3 is 2.75 bits per heavy atom. The summed E-state index contributed by atoms with van der Waals surface area (Å²) in [4.78, 5) is 3.72. The second-order valence-electron chi connectivity index (χ2n) is 4.10. The van der Waals surface area contributed by atoms with Gasteiger partial charge in [-0.3, -0.25) is 0 Å². The Bertz CT molecular complexity index is 863. The quantitative estimate of drug-likeness (QED) is 0.735. The van der Waals surface area contributed by atoms with E-state index in [0.717, 1.165) is 6.07 Å². The lowest BCUT2D eigenvalue weighted by atomic mass is 10.1. The fourth-order valence-corrected chi connectivity index (χ4v) is 1.94. The lowest BCUT2D eigenvalue weighted by molar-refractivity contribution is 0.624. The van der Waals surface area contributed by atoms with Crippen molar-refractivity contribution in [3.05, 3.63) is 47.7 Å². The maximum absolute atomic E-state index is 13.8. The number of anilines is 1. The van der Waals surface area contributed by atoms with Crippen molar-refractivity contribution in [3.63, 3.8) is 0 Å². The third kappa shape index (κ3) is 1.75. The van der Waals surface area contributed by atoms with Gasteiger partial charge in [-0.25, -0.2) is 18.3 Å². The molecule has 0 unspecified atom stereocenters. The van der Waals surface area contributed by atoms with Crippen LogP contribution in [0, 0.1) is 23.0 Å². The molecule has 0 aliphatic carbocycles. The summed E-state index contributed by atoms with van der Waals surface area (Å²) in [5.41, 5.74) is 6.33. The summed E-state index contributed by atoms with van der Waals surface area (Å²) in [6.07, 6.45) is 1.26. The van der Waals surface area contributed by atoms with Crippen molar-refractivity contribution in [1.82, 2.24) is 14.6 Å². The third-order valence-corrected chi connectivity index (χ3v) is 2.87. The van der Waals surface area contributed by atoms with Crippen LogP contribution in [-0.4, -0.2) is 14.6 Å². The van der Waals surface area contributed by atoms with Gasteiger partial charge in [-0.15, -0.1) is 5.10 Å². The summed E-state index contributed by atoms with van der Waals surface area (Å²) < 4.78 is 28.4. The van der Waals surface area contributed by atoms with Gasteiger partial charge in [0.15, 0.2) is 5.82 Å². The maximum Gasteiger partial charge on any atom is 0.238 e. The van der Waals surface area contributed by atoms with Crippen LogP contribution in [0.15, 0.2) is 30.5 Å². The van der Waals surface area contributed by atoms with Crippen LogP contribution >= 0.6 is 0 Å². The van der Waals surface area contributed by atoms with Crippen molar-refractivity contribution in [2.45, 2.75) is 0 Å². The first-order valence-corrected chi connectivity index (χ1v) is 5.60. The van der Waals surface area contributed by atoms with Gasteiger partial charge in [-0.2, -0.15) is 5.26 Å². The summed E-state index contributed by atoms with van der Waals surface area (Å²) in [5, 5.41) is 12.8. The number of nitriles is 1. The number of rotatable bonds is 1. The normalized spacial score (nSPS) is 10.7. The van der Waals surface area contributed by atoms with E-state index in [0.29, 0.717) is 11.3 Å². The number of fused-ring (bicyclic) bond motifs is 1. The third-order valence-electron chi connectivity index (χ3n) is 2.87. The number of nitrogen functional groups attached to an aromatic ring is 1. The average Bonchev–Trinajstić information content (AvgIpc) is 2.76. The van der Waals surface area contributed by atoms with Gasteiger partial charge in [-0.1, -0.05) is 0 Å². The number of aromatic nitrogens is 3. The molecule has 3 aromatic rings. The van der Waals surface area contributed by atoms with E-state index in [-0.39, 0.29) is 17.0 Å². The van der Waals surface area contributed by atoms with Gasteiger partial charge in [0.2, 0.25) is 5.95 Å². The Hall–Kier alpha value is -3.01. The zero-order chi connectivity index (χ0) is 14.3. The minimum absolute atomic E-state index is 0.0167. The van der Waals surface area contributed by atoms with E-state index >= 15 is 0 Å². The van der Waals surface area contributed by atoms with E-state index < -0.39 is 11.6 Å². The number of nitrogens with zero attached hydrogens (tertiary/aromatic N) is 4. The Morgan fingerprint density at radius 2 is 2.00 bits per heavy atom. The van der Waals surface area contributed by atoms with Crippen molar-refractivity contribution in [3.8, 4) is 17.3 Å². The molecule has 0 spiro atoms. The van der Waals surface area contributed by atoms with Gasteiger partial charge < -0.3 is 5.73 Å². The predicted molar refractivity (Wildman–Crippen MR) is 67.5 cm³/mol. The van der Waals surface area contributed by atoms with E-state index in [1.807, 2.05) is 0 Å². The molecule has 5 nitrogen and oxygen atoms in total. The number of hydrogen-bond donors (Lipinski definition) is 1. The fourth-order valence-electron chi connectivity index (χ4n) is 1.94. The molecule has 2 heterocycles. The highest BCUT2D eigenvalue weighted by molar-refractivity contribution is 5.68. The standard InChI is InChI=1S/C13H7F2N5/c14-9-2-1-7(3-8(9)5-16)11-4-10(15)12-6-18-13(17)19-20(11)12/h1-4,6H,(H2,17,19). The predicted octanol–water partition coefficient (Wildman–Crippen LogP) is 2.13. The van der Waals surface area contributed by atoms with Gasteiger partial charge >= 0.3 is 0 Å². The summed E-state index contributed by atoms with van der Waals surface area (Å²) in [5.74, 6) is -1.17. The Balaban J connectivity index is 2.30. The molecule has 0 saturated heterocycles. The van der Waals surface area contributed by atoms with Crippen molar-refractivity contribution in [2.24, 2.45) is 0 Å². The summed E-state index contributed by atoms with van der Waals surface area (Å²) in [6, 6.07) is 6.89. The van der Waals surface area contributed by atoms with E-state index in [4.69, 9.17) is 11.0 Å². The molecule has 0 radical (unpaired) electrons. The lowest BCUT2D eigenvalue weighted by Crippen LogP contribution is -2.02. The molecule has 0 amide bonds. The second-order valence-corrected chi connectivity index (χ2v) is 4.10. The van der Waals surface area contributed by atoms with Crippen LogP contribution in [0.5, 0.6) is 0 Å². The Morgan fingerprint density at radius 1 is 1.20 bits per heavy atom. The molecule has 98 valence electrons. The molecule has 3 rings (SSSR count). The highest BCUT2D eigenvalue weighted by atomic mass is 19.1. The first kappa shape index (κ1) is 12.0. The summed E-state index contributed by atoms with van der Waals surface area (Å²) in [6.45, 7) is 0. The van der Waals surface area contributed by atoms with Crippen LogP contribution in [0.3, 0.4) is 0 Å². The van der Waals surface area contributed by atoms with E-state index in [2.05, 4.69) is 10.1 Å². The molecule has 0 saturated carbocycles. The SMILES string of the molecule is N#Cc1cc(-c2cc(F)c3cnc(N)nn23)ccc1F. The average molecular weight is 271 g/mol. The monoisotopic (exact) mass is 271 g/mol. The van der Waals surface area contributed by atoms with Crippen molar-refractivity contribution >= 4 is 11.5 Å². The molecule has 2 aromatic heterocycles. The lowest BCUT2D eigenvalue weighted by Gasteiger charge is -2.03. The van der Waals surface area contributed by atoms with Crippen LogP contribution in [0.25, 0.3) is 16.8 Å². The number of benzene rings is 1. The summed E-state index contributed by atoms with van der Waals surface area (Å²) in [7, 11) is 0. The van der Waals surface area contributed by atoms with Crippen molar-refractivity contribution in [1.29, 1.82) is 5.26 Å². The Labute approximate surface area is 111 Å². The highest BCUT2D eigenvalue weighted by Crippen LogP contribution is 2.26. The molecule has 0 bridgehead atoms. The highest BCUT2D eigenvalue weighted by Gasteiger charge is 2.14. The van der Waals surface area contributed by atoms with Gasteiger partial charge in [0, 0.05) is 11.6 Å². The zero-order valence-corrected chi connectivity index (χ0v) is 10.0. The largest absolute Gasteiger partial charge is 0.367 e. The summed E-state index contributed by atoms with van der Waals surface area (Å²) >= 11 is 0. The fraction of sp³-hybridized carbons (Fsp3) is 0. The van der Waals surface area contributed by atoms with Gasteiger partial charge in [0.25, 0.3) is 0 Å². The van der Waals surface area contributed by atoms with E-state index in [9.17, 15) is 8.78 Å². The molecule has 0 fully saturated rings. The molecular weight excluding hydrogens is 264 g/mol.